The molecule has 1 aromatic rings. The van der Waals surface area contributed by atoms with Crippen molar-refractivity contribution in [1.29, 1.82) is 0 Å². The maximum Gasteiger partial charge on any atom is 0.255 e. The van der Waals surface area contributed by atoms with Crippen LogP contribution in [0.1, 0.15) is 74.7 Å². The van der Waals surface area contributed by atoms with E-state index in [0.29, 0.717) is 36.9 Å². The number of amides is 2. The van der Waals surface area contributed by atoms with Crippen LogP contribution in [0.15, 0.2) is 30.5 Å². The number of hydrogen-bond acceptors (Lipinski definition) is 4. The zero-order valence-electron chi connectivity index (χ0n) is 18.8. The van der Waals surface area contributed by atoms with Crippen molar-refractivity contribution >= 4 is 11.8 Å². The van der Waals surface area contributed by atoms with Gasteiger partial charge in [0.05, 0.1) is 0 Å². The number of piperidine rings is 1. The van der Waals surface area contributed by atoms with Crippen LogP contribution in [0.3, 0.4) is 0 Å². The number of ether oxygens (including phenoxy) is 1. The number of allylic oxidation sites excluding steroid dienone is 1. The highest BCUT2D eigenvalue weighted by molar-refractivity contribution is 6.01. The van der Waals surface area contributed by atoms with Gasteiger partial charge < -0.3 is 20.3 Å². The highest BCUT2D eigenvalue weighted by Gasteiger charge is 2.38. The minimum absolute atomic E-state index is 0.0693. The molecule has 1 unspecified atom stereocenters. The molecule has 2 amide bonds. The SMILES string of the molecule is C=C1CCC(N2Cc3cc(O[C@@H]4CCCCC[C@@H]4NCC(C)C)ccc3C2=O)C(=O)N1. The van der Waals surface area contributed by atoms with E-state index >= 15 is 0 Å². The van der Waals surface area contributed by atoms with E-state index in [9.17, 15) is 9.59 Å². The Kier molecular flexibility index (Phi) is 6.65. The lowest BCUT2D eigenvalue weighted by Gasteiger charge is -2.30. The Morgan fingerprint density at radius 3 is 2.77 bits per heavy atom. The van der Waals surface area contributed by atoms with Gasteiger partial charge >= 0.3 is 0 Å². The van der Waals surface area contributed by atoms with Gasteiger partial charge in [-0.15, -0.1) is 0 Å². The molecule has 3 atom stereocenters. The van der Waals surface area contributed by atoms with Gasteiger partial charge in [-0.1, -0.05) is 33.3 Å². The van der Waals surface area contributed by atoms with Crippen molar-refractivity contribution in [1.82, 2.24) is 15.5 Å². The van der Waals surface area contributed by atoms with Gasteiger partial charge in [-0.05, 0) is 68.3 Å². The molecule has 1 saturated carbocycles. The smallest absolute Gasteiger partial charge is 0.255 e. The lowest BCUT2D eigenvalue weighted by atomic mass is 10.0. The van der Waals surface area contributed by atoms with Gasteiger partial charge in [0.15, 0.2) is 0 Å². The van der Waals surface area contributed by atoms with Gasteiger partial charge in [0.1, 0.15) is 17.9 Å². The summed E-state index contributed by atoms with van der Waals surface area (Å²) < 4.78 is 6.47. The molecule has 1 aliphatic carbocycles. The van der Waals surface area contributed by atoms with Crippen LogP contribution >= 0.6 is 0 Å². The molecule has 3 aliphatic rings. The zero-order valence-corrected chi connectivity index (χ0v) is 18.8. The molecule has 0 bridgehead atoms. The van der Waals surface area contributed by atoms with Crippen molar-refractivity contribution in [2.24, 2.45) is 5.92 Å². The first-order chi connectivity index (χ1) is 14.9. The average molecular weight is 426 g/mol. The Bertz CT molecular complexity index is 850. The summed E-state index contributed by atoms with van der Waals surface area (Å²) in [4.78, 5) is 27.0. The van der Waals surface area contributed by atoms with Gasteiger partial charge in [-0.2, -0.15) is 0 Å². The fourth-order valence-corrected chi connectivity index (χ4v) is 4.91. The summed E-state index contributed by atoms with van der Waals surface area (Å²) in [5.41, 5.74) is 2.35. The van der Waals surface area contributed by atoms with Crippen molar-refractivity contribution in [3.63, 3.8) is 0 Å². The number of nitrogens with zero attached hydrogens (tertiary/aromatic N) is 1. The number of carbonyl (C=O) groups is 2. The minimum atomic E-state index is -0.429. The summed E-state index contributed by atoms with van der Waals surface area (Å²) in [7, 11) is 0. The topological polar surface area (TPSA) is 70.7 Å². The average Bonchev–Trinajstić information content (AvgIpc) is 2.89. The minimum Gasteiger partial charge on any atom is -0.489 e. The van der Waals surface area contributed by atoms with E-state index in [2.05, 4.69) is 31.1 Å². The summed E-state index contributed by atoms with van der Waals surface area (Å²) in [5.74, 6) is 1.22. The van der Waals surface area contributed by atoms with Gasteiger partial charge in [0.2, 0.25) is 5.91 Å². The van der Waals surface area contributed by atoms with Crippen molar-refractivity contribution in [3.05, 3.63) is 41.6 Å². The summed E-state index contributed by atoms with van der Waals surface area (Å²) in [5, 5.41) is 6.50. The molecule has 0 aromatic heterocycles. The molecule has 1 aromatic carbocycles. The summed E-state index contributed by atoms with van der Waals surface area (Å²) in [6.07, 6.45) is 7.33. The van der Waals surface area contributed by atoms with Gasteiger partial charge in [-0.3, -0.25) is 9.59 Å². The second-order valence-corrected chi connectivity index (χ2v) is 9.60. The van der Waals surface area contributed by atoms with E-state index in [1.807, 2.05) is 18.2 Å². The first-order valence-electron chi connectivity index (χ1n) is 11.7. The third-order valence-electron chi connectivity index (χ3n) is 6.64. The van der Waals surface area contributed by atoms with Crippen LogP contribution in [0.5, 0.6) is 5.75 Å². The predicted octanol–water partition coefficient (Wildman–Crippen LogP) is 3.76. The van der Waals surface area contributed by atoms with Crippen LogP contribution in [-0.4, -0.2) is 41.4 Å². The van der Waals surface area contributed by atoms with E-state index in [1.165, 1.54) is 19.3 Å². The van der Waals surface area contributed by atoms with Crippen LogP contribution in [-0.2, 0) is 11.3 Å². The molecule has 1 saturated heterocycles. The lowest BCUT2D eigenvalue weighted by molar-refractivity contribution is -0.126. The Hall–Kier alpha value is -2.34. The van der Waals surface area contributed by atoms with E-state index < -0.39 is 6.04 Å². The molecule has 4 rings (SSSR count). The Morgan fingerprint density at radius 2 is 2.00 bits per heavy atom. The molecular formula is C25H35N3O3. The molecular weight excluding hydrogens is 390 g/mol. The van der Waals surface area contributed by atoms with E-state index in [0.717, 1.165) is 36.4 Å². The molecule has 6 heteroatoms. The predicted molar refractivity (Wildman–Crippen MR) is 121 cm³/mol. The standard InChI is InChI=1S/C25H35N3O3/c1-16(2)14-26-21-7-5-4-6-8-23(21)31-19-10-11-20-18(13-19)15-28(25(20)30)22-12-9-17(3)27-24(22)29/h10-11,13,16,21-23,26H,3-9,12,14-15H2,1-2H3,(H,27,29)/t21-,22?,23+/m0/s1. The lowest BCUT2D eigenvalue weighted by Crippen LogP contribution is -2.49. The van der Waals surface area contributed by atoms with Gasteiger partial charge in [0.25, 0.3) is 5.91 Å². The summed E-state index contributed by atoms with van der Waals surface area (Å²) in [6.45, 7) is 9.73. The van der Waals surface area contributed by atoms with Crippen LogP contribution < -0.4 is 15.4 Å². The molecule has 0 spiro atoms. The van der Waals surface area contributed by atoms with Crippen LogP contribution in [0, 0.1) is 5.92 Å². The monoisotopic (exact) mass is 425 g/mol. The third kappa shape index (κ3) is 4.95. The highest BCUT2D eigenvalue weighted by Crippen LogP contribution is 2.32. The number of nitrogens with one attached hydrogen (secondary N) is 2. The molecule has 31 heavy (non-hydrogen) atoms. The first-order valence-corrected chi connectivity index (χ1v) is 11.7. The van der Waals surface area contributed by atoms with Crippen molar-refractivity contribution in [2.75, 3.05) is 6.54 Å². The van der Waals surface area contributed by atoms with Crippen LogP contribution in [0.25, 0.3) is 0 Å². The van der Waals surface area contributed by atoms with Crippen molar-refractivity contribution in [3.8, 4) is 5.75 Å². The Balaban J connectivity index is 1.46. The molecule has 0 radical (unpaired) electrons. The van der Waals surface area contributed by atoms with Gasteiger partial charge in [-0.25, -0.2) is 0 Å². The van der Waals surface area contributed by atoms with Crippen molar-refractivity contribution < 1.29 is 14.3 Å². The normalized spacial score (nSPS) is 26.6. The third-order valence-corrected chi connectivity index (χ3v) is 6.64. The number of hydrogen-bond donors (Lipinski definition) is 2. The molecule has 2 heterocycles. The quantitative estimate of drug-likeness (QED) is 0.681. The second kappa shape index (κ2) is 9.43. The highest BCUT2D eigenvalue weighted by atomic mass is 16.5. The van der Waals surface area contributed by atoms with Gasteiger partial charge in [0, 0.05) is 23.8 Å². The fourth-order valence-electron chi connectivity index (χ4n) is 4.91. The van der Waals surface area contributed by atoms with Crippen LogP contribution in [0.2, 0.25) is 0 Å². The van der Waals surface area contributed by atoms with E-state index in [-0.39, 0.29) is 17.9 Å². The number of rotatable bonds is 6. The van der Waals surface area contributed by atoms with E-state index in [1.54, 1.807) is 4.90 Å². The fraction of sp³-hybridized carbons (Fsp3) is 0.600. The second-order valence-electron chi connectivity index (χ2n) is 9.60. The largest absolute Gasteiger partial charge is 0.489 e. The zero-order chi connectivity index (χ0) is 22.0. The maximum atomic E-state index is 12.9. The molecule has 2 N–H and O–H groups in total. The van der Waals surface area contributed by atoms with Crippen molar-refractivity contribution in [2.45, 2.75) is 83.5 Å². The maximum absolute atomic E-state index is 12.9. The summed E-state index contributed by atoms with van der Waals surface area (Å²) in [6, 6.07) is 5.70. The van der Waals surface area contributed by atoms with Crippen LogP contribution in [0.4, 0.5) is 0 Å². The molecule has 2 fully saturated rings. The molecule has 2 aliphatic heterocycles. The number of fused-ring (bicyclic) bond motifs is 1. The summed E-state index contributed by atoms with van der Waals surface area (Å²) >= 11 is 0. The first kappa shape index (κ1) is 21.9. The van der Waals surface area contributed by atoms with E-state index in [4.69, 9.17) is 4.74 Å². The molecule has 168 valence electrons. The molecule has 6 nitrogen and oxygen atoms in total. The number of benzene rings is 1. The Morgan fingerprint density at radius 1 is 1.19 bits per heavy atom. The number of carbonyl (C=O) groups excluding carboxylic acids is 2. The Labute approximate surface area is 185 Å².